The summed E-state index contributed by atoms with van der Waals surface area (Å²) in [6.07, 6.45) is 22.4. The van der Waals surface area contributed by atoms with Gasteiger partial charge in [0.2, 0.25) is 0 Å². The number of nitrogens with zero attached hydrogens (tertiary/aromatic N) is 8. The van der Waals surface area contributed by atoms with Crippen LogP contribution in [0, 0.1) is 5.92 Å². The summed E-state index contributed by atoms with van der Waals surface area (Å²) in [5, 5.41) is 23.1. The van der Waals surface area contributed by atoms with Crippen LogP contribution in [-0.2, 0) is 0 Å². The first kappa shape index (κ1) is 110. The summed E-state index contributed by atoms with van der Waals surface area (Å²) in [5.41, 5.74) is 18.2. The predicted molar refractivity (Wildman–Crippen MR) is 627 cm³/mol. The lowest BCUT2D eigenvalue weighted by Crippen LogP contribution is -1.90. The fourth-order valence-corrected chi connectivity index (χ4v) is 16.8. The van der Waals surface area contributed by atoms with Gasteiger partial charge >= 0.3 is 0 Å². The number of hydrogen-bond donors (Lipinski definition) is 0. The average molecular weight is 1900 g/mol. The second kappa shape index (κ2) is 56.1. The molecule has 0 aliphatic carbocycles. The topological polar surface area (TPSA) is 103 Å². The molecule has 0 amide bonds. The van der Waals surface area contributed by atoms with Crippen molar-refractivity contribution in [2.45, 2.75) is 218 Å². The van der Waals surface area contributed by atoms with E-state index in [2.05, 4.69) is 521 Å². The minimum Gasteiger partial charge on any atom is -0.264 e. The highest BCUT2D eigenvalue weighted by Gasteiger charge is 2.12. The third-order valence-electron chi connectivity index (χ3n) is 25.1. The minimum atomic E-state index is 0.540. The Hall–Kier alpha value is -14.9. The van der Waals surface area contributed by atoms with Gasteiger partial charge in [0.25, 0.3) is 0 Å². The molecule has 22 rings (SSSR count). The summed E-state index contributed by atoms with van der Waals surface area (Å²) >= 11 is 0. The smallest absolute Gasteiger partial charge is 0.0736 e. The number of aromatic nitrogens is 8. The maximum atomic E-state index is 4.40. The third kappa shape index (κ3) is 32.9. The summed E-state index contributed by atoms with van der Waals surface area (Å²) in [5.74, 6) is 6.64. The van der Waals surface area contributed by atoms with Crippen molar-refractivity contribution in [3.63, 3.8) is 0 Å². The molecule has 0 radical (unpaired) electrons. The van der Waals surface area contributed by atoms with Crippen molar-refractivity contribution in [2.75, 3.05) is 0 Å². The first-order chi connectivity index (χ1) is 69.5. The van der Waals surface area contributed by atoms with Gasteiger partial charge in [0.05, 0.1) is 22.1 Å². The maximum absolute atomic E-state index is 4.40. The van der Waals surface area contributed by atoms with Crippen LogP contribution in [0.1, 0.15) is 274 Å². The zero-order valence-corrected chi connectivity index (χ0v) is 89.3. The van der Waals surface area contributed by atoms with Crippen LogP contribution in [0.15, 0.2) is 426 Å². The van der Waals surface area contributed by atoms with E-state index >= 15 is 0 Å². The summed E-state index contributed by atoms with van der Waals surface area (Å²) in [6.45, 7) is 50.7. The second-order valence-electron chi connectivity index (χ2n) is 40.4. The first-order valence-electron chi connectivity index (χ1n) is 51.6. The van der Waals surface area contributed by atoms with Crippen molar-refractivity contribution in [3.05, 3.63) is 482 Å². The second-order valence-corrected chi connectivity index (χ2v) is 40.4. The van der Waals surface area contributed by atoms with Crippen molar-refractivity contribution < 1.29 is 0 Å². The van der Waals surface area contributed by atoms with Gasteiger partial charge < -0.3 is 0 Å². The van der Waals surface area contributed by atoms with E-state index in [1.807, 2.05) is 105 Å². The van der Waals surface area contributed by atoms with E-state index in [-0.39, 0.29) is 0 Å². The highest BCUT2D eigenvalue weighted by atomic mass is 14.7. The molecule has 8 heteroatoms. The molecule has 0 spiro atoms. The molecule has 734 valence electrons. The van der Waals surface area contributed by atoms with Crippen LogP contribution in [0.5, 0.6) is 0 Å². The predicted octanol–water partition coefficient (Wildman–Crippen LogP) is 39.3. The van der Waals surface area contributed by atoms with E-state index in [0.717, 1.165) is 28.0 Å². The summed E-state index contributed by atoms with van der Waals surface area (Å²) in [6, 6.07) is 123. The van der Waals surface area contributed by atoms with Gasteiger partial charge in [0.15, 0.2) is 0 Å². The lowest BCUT2D eigenvalue weighted by atomic mass is 9.96. The van der Waals surface area contributed by atoms with Gasteiger partial charge in [-0.3, -0.25) is 39.9 Å². The summed E-state index contributed by atoms with van der Waals surface area (Å²) < 4.78 is 0. The lowest BCUT2D eigenvalue weighted by molar-refractivity contribution is 0.737. The molecular weight excluding hydrogens is 1750 g/mol. The van der Waals surface area contributed by atoms with Gasteiger partial charge in [-0.15, -0.1) is 0 Å². The van der Waals surface area contributed by atoms with E-state index in [0.29, 0.717) is 59.2 Å². The number of benzene rings is 14. The third-order valence-corrected chi connectivity index (χ3v) is 25.1. The highest BCUT2D eigenvalue weighted by Crippen LogP contribution is 2.32. The van der Waals surface area contributed by atoms with Crippen molar-refractivity contribution in [1.29, 1.82) is 0 Å². The molecule has 0 atom stereocenters. The van der Waals surface area contributed by atoms with E-state index in [4.69, 9.17) is 0 Å². The largest absolute Gasteiger partial charge is 0.264 e. The molecule has 0 unspecified atom stereocenters. The molecule has 0 saturated heterocycles. The maximum Gasteiger partial charge on any atom is 0.0736 e. The van der Waals surface area contributed by atoms with Gasteiger partial charge in [-0.05, 0) is 253 Å². The molecular formula is C136H150N8. The van der Waals surface area contributed by atoms with Crippen molar-refractivity contribution >= 4 is 119 Å². The van der Waals surface area contributed by atoms with Crippen molar-refractivity contribution in [3.8, 4) is 0 Å². The number of para-hydroxylation sites is 1. The molecule has 8 heterocycles. The van der Waals surface area contributed by atoms with E-state index in [1.165, 1.54) is 153 Å². The molecule has 0 fully saturated rings. The Kier molecular flexibility index (Phi) is 42.7. The minimum absolute atomic E-state index is 0.540. The molecule has 144 heavy (non-hydrogen) atoms. The molecule has 22 aromatic rings. The van der Waals surface area contributed by atoms with Gasteiger partial charge in [0.1, 0.15) is 0 Å². The van der Waals surface area contributed by atoms with Crippen LogP contribution in [-0.4, -0.2) is 39.9 Å². The average Bonchev–Trinajstić information content (AvgIpc) is 0.812. The van der Waals surface area contributed by atoms with Crippen LogP contribution in [0.25, 0.3) is 119 Å². The van der Waals surface area contributed by atoms with E-state index < -0.39 is 0 Å². The fourth-order valence-electron chi connectivity index (χ4n) is 16.8. The molecule has 8 nitrogen and oxygen atoms in total. The quantitative estimate of drug-likeness (QED) is 0.133. The van der Waals surface area contributed by atoms with Crippen LogP contribution < -0.4 is 0 Å². The Morgan fingerprint density at radius 1 is 0.146 bits per heavy atom. The number of fused-ring (bicyclic) bond motifs is 11. The van der Waals surface area contributed by atoms with Gasteiger partial charge in [-0.25, -0.2) is 0 Å². The van der Waals surface area contributed by atoms with E-state index in [1.54, 1.807) is 0 Å². The Bertz CT molecular complexity index is 6600. The number of hydrogen-bond acceptors (Lipinski definition) is 8. The monoisotopic (exact) mass is 1900 g/mol. The van der Waals surface area contributed by atoms with Crippen LogP contribution in [0.4, 0.5) is 0 Å². The molecule has 0 N–H and O–H groups in total. The van der Waals surface area contributed by atoms with Crippen molar-refractivity contribution in [2.24, 2.45) is 5.92 Å². The Balaban J connectivity index is 0.000000150. The molecule has 8 aromatic heterocycles. The van der Waals surface area contributed by atoms with Gasteiger partial charge in [-0.1, -0.05) is 432 Å². The molecule has 0 saturated carbocycles. The zero-order valence-electron chi connectivity index (χ0n) is 89.3. The van der Waals surface area contributed by atoms with Crippen LogP contribution in [0.3, 0.4) is 0 Å². The normalized spacial score (nSPS) is 10.9. The molecule has 0 aliphatic rings. The Labute approximate surface area is 859 Å². The number of pyridine rings is 8. The summed E-state index contributed by atoms with van der Waals surface area (Å²) in [7, 11) is 0. The first-order valence-corrected chi connectivity index (χ1v) is 51.6. The standard InChI is InChI=1S/2C13H14.8C12H13N.C10H8.C4H10/c1-10(2)12-9-5-7-11-6-3-4-8-13(11)12;1-10(2)12-8-7-11-5-3-4-6-13(11)9-12;1-9(2)10-5-3-7-12-11(10)6-4-8-13-12;1-9(2)11-7-3-5-10-6-4-8-13-12(10)11;1-9(2)10-3-4-12-8-13-6-5-11(12)7-10;1-9(2)11-4-3-10-5-6-13-8-12(10)7-11;1-9(2)10-5-6-12-11(8-10)4-3-7-13-12;1-9(2)11-6-5-10-4-3-7-13-12(10)8-11;1-9(2)11-5-3-4-10-8-13-7-6-12(10)11;1-9(2)11-5-3-4-10-6-7-13-8-12(10)11;1-2-6-10-8-4-3-7-9(10)5-1;1-4(2)3/h2*3-10H,1-2H3;8*3-9H,1-2H3;1-8H;4H,1-3H3. The summed E-state index contributed by atoms with van der Waals surface area (Å²) in [4.78, 5) is 33.8. The zero-order chi connectivity index (χ0) is 103. The molecule has 14 aromatic carbocycles. The highest BCUT2D eigenvalue weighted by molar-refractivity contribution is 5.90. The fraction of sp³-hybridized carbons (Fsp3) is 0.250. The van der Waals surface area contributed by atoms with Crippen LogP contribution >= 0.6 is 0 Å². The van der Waals surface area contributed by atoms with E-state index in [9.17, 15) is 0 Å². The Morgan fingerprint density at radius 3 is 0.958 bits per heavy atom. The van der Waals surface area contributed by atoms with Gasteiger partial charge in [0, 0.05) is 117 Å². The SMILES string of the molecule is CC(C)C.CC(C)c1ccc2ccccc2c1.CC(C)c1ccc2cccnc2c1.CC(C)c1ccc2ccncc2c1.CC(C)c1ccc2cnccc2c1.CC(C)c1ccc2ncccc2c1.CC(C)c1cccc2ccccc12.CC(C)c1cccc2cccnc12.CC(C)c1cccc2ccncc12.CC(C)c1cccc2cnccc12.CC(C)c1cccc2ncccc12.c1ccc2ccccc2c1. The van der Waals surface area contributed by atoms with Crippen LogP contribution in [0.2, 0.25) is 0 Å². The van der Waals surface area contributed by atoms with Crippen molar-refractivity contribution in [1.82, 2.24) is 39.9 Å². The van der Waals surface area contributed by atoms with Gasteiger partial charge in [-0.2, -0.15) is 0 Å². The molecule has 0 aliphatic heterocycles. The molecule has 0 bridgehead atoms. The number of rotatable bonds is 10. The Morgan fingerprint density at radius 2 is 0.438 bits per heavy atom. The lowest BCUT2D eigenvalue weighted by Gasteiger charge is -2.08.